The first-order chi connectivity index (χ1) is 21.3. The maximum atomic E-state index is 5.19. The second kappa shape index (κ2) is 9.37. The zero-order valence-electron chi connectivity index (χ0n) is 23.3. The Labute approximate surface area is 249 Å². The van der Waals surface area contributed by atoms with E-state index in [0.29, 0.717) is 0 Å². The predicted octanol–water partition coefficient (Wildman–Crippen LogP) is 10.7. The normalized spacial score (nSPS) is 11.7. The smallest absolute Gasteiger partial charge is 0.138 e. The Balaban J connectivity index is 1.18. The van der Waals surface area contributed by atoms with Gasteiger partial charge in [-0.3, -0.25) is 9.88 Å². The first kappa shape index (κ1) is 23.9. The number of anilines is 3. The van der Waals surface area contributed by atoms with Crippen molar-refractivity contribution in [1.82, 2.24) is 9.97 Å². The predicted molar refractivity (Wildman–Crippen MR) is 179 cm³/mol. The van der Waals surface area contributed by atoms with E-state index in [2.05, 4.69) is 143 Å². The highest BCUT2D eigenvalue weighted by Gasteiger charge is 2.22. The zero-order chi connectivity index (χ0) is 28.3. The molecule has 0 saturated heterocycles. The summed E-state index contributed by atoms with van der Waals surface area (Å²) < 4.78 is 0. The number of nitrogens with zero attached hydrogens (tertiary/aromatic N) is 3. The van der Waals surface area contributed by atoms with Gasteiger partial charge in [0.05, 0.1) is 11.0 Å². The lowest BCUT2D eigenvalue weighted by molar-refractivity contribution is 1.21. The van der Waals surface area contributed by atoms with E-state index in [9.17, 15) is 0 Å². The summed E-state index contributed by atoms with van der Waals surface area (Å²) in [5.41, 5.74) is 11.6. The Hall–Kier alpha value is -5.80. The average molecular weight is 548 g/mol. The Morgan fingerprint density at radius 2 is 1.07 bits per heavy atom. The number of fused-ring (bicyclic) bond motifs is 6. The Bertz CT molecular complexity index is 2310. The van der Waals surface area contributed by atoms with Gasteiger partial charge in [0.25, 0.3) is 0 Å². The number of rotatable bonds is 4. The fraction of sp³-hybridized carbons (Fsp3) is 0. The van der Waals surface area contributed by atoms with Gasteiger partial charge < -0.3 is 0 Å². The van der Waals surface area contributed by atoms with Crippen molar-refractivity contribution in [1.29, 1.82) is 0 Å². The third-order valence-corrected chi connectivity index (χ3v) is 8.65. The topological polar surface area (TPSA) is 29.0 Å². The van der Waals surface area contributed by atoms with Crippen LogP contribution in [0.1, 0.15) is 0 Å². The second-order valence-electron chi connectivity index (χ2n) is 11.0. The van der Waals surface area contributed by atoms with E-state index in [1.54, 1.807) is 0 Å². The molecular weight excluding hydrogens is 522 g/mol. The highest BCUT2D eigenvalue weighted by atomic mass is 15.2. The van der Waals surface area contributed by atoms with E-state index < -0.39 is 0 Å². The Kier molecular flexibility index (Phi) is 5.20. The van der Waals surface area contributed by atoms with Crippen LogP contribution in [0.2, 0.25) is 0 Å². The largest absolute Gasteiger partial charge is 0.295 e. The van der Waals surface area contributed by atoms with Crippen LogP contribution in [0.15, 0.2) is 152 Å². The molecule has 0 fully saturated rings. The van der Waals surface area contributed by atoms with Gasteiger partial charge in [0.2, 0.25) is 0 Å². The van der Waals surface area contributed by atoms with Crippen molar-refractivity contribution in [2.24, 2.45) is 0 Å². The van der Waals surface area contributed by atoms with Crippen molar-refractivity contribution in [2.75, 3.05) is 4.90 Å². The van der Waals surface area contributed by atoms with Crippen molar-refractivity contribution >= 4 is 49.8 Å². The van der Waals surface area contributed by atoms with Crippen LogP contribution >= 0.6 is 0 Å². The van der Waals surface area contributed by atoms with Crippen LogP contribution in [0, 0.1) is 0 Å². The monoisotopic (exact) mass is 547 g/mol. The lowest BCUT2D eigenvalue weighted by Crippen LogP contribution is -2.11. The molecule has 0 spiro atoms. The van der Waals surface area contributed by atoms with Crippen molar-refractivity contribution in [3.8, 4) is 33.4 Å². The number of para-hydroxylation sites is 1. The van der Waals surface area contributed by atoms with Crippen molar-refractivity contribution in [3.05, 3.63) is 152 Å². The third kappa shape index (κ3) is 3.68. The summed E-state index contributed by atoms with van der Waals surface area (Å²) in [6.07, 6.45) is 1.84. The molecule has 0 amide bonds. The van der Waals surface area contributed by atoms with Gasteiger partial charge in [-0.15, -0.1) is 0 Å². The molecule has 3 heteroatoms. The molecular formula is C40H25N3. The van der Waals surface area contributed by atoms with E-state index in [1.165, 1.54) is 44.2 Å². The highest BCUT2D eigenvalue weighted by molar-refractivity contribution is 6.18. The van der Waals surface area contributed by atoms with E-state index in [4.69, 9.17) is 4.98 Å². The van der Waals surface area contributed by atoms with Gasteiger partial charge >= 0.3 is 0 Å². The number of hydrogen-bond acceptors (Lipinski definition) is 3. The van der Waals surface area contributed by atoms with Gasteiger partial charge in [-0.05, 0) is 86.6 Å². The first-order valence-corrected chi connectivity index (χ1v) is 14.6. The van der Waals surface area contributed by atoms with Crippen molar-refractivity contribution in [2.45, 2.75) is 0 Å². The van der Waals surface area contributed by atoms with E-state index >= 15 is 0 Å². The van der Waals surface area contributed by atoms with Crippen molar-refractivity contribution < 1.29 is 0 Å². The van der Waals surface area contributed by atoms with Crippen molar-refractivity contribution in [3.63, 3.8) is 0 Å². The molecule has 0 atom stereocenters. The molecule has 0 unspecified atom stereocenters. The molecule has 8 aromatic rings. The fourth-order valence-electron chi connectivity index (χ4n) is 6.68. The van der Waals surface area contributed by atoms with Gasteiger partial charge in [-0.25, -0.2) is 4.98 Å². The minimum Gasteiger partial charge on any atom is -0.295 e. The summed E-state index contributed by atoms with van der Waals surface area (Å²) in [6.45, 7) is 0. The summed E-state index contributed by atoms with van der Waals surface area (Å²) in [7, 11) is 0. The molecule has 3 nitrogen and oxygen atoms in total. The van der Waals surface area contributed by atoms with E-state index in [-0.39, 0.29) is 0 Å². The van der Waals surface area contributed by atoms with Gasteiger partial charge in [0.15, 0.2) is 0 Å². The van der Waals surface area contributed by atoms with Gasteiger partial charge in [0, 0.05) is 28.3 Å². The molecule has 1 aliphatic rings. The minimum atomic E-state index is 0.854. The Morgan fingerprint density at radius 3 is 1.88 bits per heavy atom. The molecule has 9 rings (SSSR count). The molecule has 43 heavy (non-hydrogen) atoms. The number of aromatic nitrogens is 2. The maximum absolute atomic E-state index is 5.19. The molecule has 0 bridgehead atoms. The second-order valence-corrected chi connectivity index (χ2v) is 11.0. The van der Waals surface area contributed by atoms with Crippen LogP contribution in [0.3, 0.4) is 0 Å². The van der Waals surface area contributed by atoms with Gasteiger partial charge in [-0.1, -0.05) is 103 Å². The molecule has 2 heterocycles. The van der Waals surface area contributed by atoms with E-state index in [0.717, 1.165) is 39.0 Å². The average Bonchev–Trinajstić information content (AvgIpc) is 3.41. The lowest BCUT2D eigenvalue weighted by Gasteiger charge is -2.25. The summed E-state index contributed by atoms with van der Waals surface area (Å²) >= 11 is 0. The summed E-state index contributed by atoms with van der Waals surface area (Å²) in [5.74, 6) is 0.854. The lowest BCUT2D eigenvalue weighted by atomic mass is 9.94. The first-order valence-electron chi connectivity index (χ1n) is 14.6. The maximum Gasteiger partial charge on any atom is 0.138 e. The number of pyridine rings is 2. The molecule has 0 N–H and O–H groups in total. The quantitative estimate of drug-likeness (QED) is 0.205. The zero-order valence-corrected chi connectivity index (χ0v) is 23.3. The standard InChI is InChI=1S/C40H25N3/c1-2-9-29(10-3-1)43(37-24-19-28-16-15-27-8-7-25-41-39(27)40(28)42-37)30-20-17-26(18-21-30)31-22-23-36-33-12-5-4-11-32(33)35-14-6-13-34(31)38(35)36/h1-25H. The van der Waals surface area contributed by atoms with Crippen LogP contribution in [0.25, 0.3) is 66.0 Å². The number of hydrogen-bond donors (Lipinski definition) is 0. The SMILES string of the molecule is c1ccc(N(c2ccc(-c3ccc4c5c(cccc35)-c3ccccc3-4)cc2)c2ccc3ccc4cccnc4c3n2)cc1. The molecule has 6 aromatic carbocycles. The molecule has 0 saturated carbocycles. The summed E-state index contributed by atoms with van der Waals surface area (Å²) in [6, 6.07) is 51.8. The molecule has 0 radical (unpaired) electrons. The molecule has 0 aliphatic heterocycles. The van der Waals surface area contributed by atoms with Crippen LogP contribution < -0.4 is 4.90 Å². The molecule has 200 valence electrons. The third-order valence-electron chi connectivity index (χ3n) is 8.65. The summed E-state index contributed by atoms with van der Waals surface area (Å²) in [5, 5.41) is 4.79. The van der Waals surface area contributed by atoms with Crippen LogP contribution in [-0.2, 0) is 0 Å². The van der Waals surface area contributed by atoms with Gasteiger partial charge in [0.1, 0.15) is 5.82 Å². The van der Waals surface area contributed by atoms with Crippen LogP contribution in [0.5, 0.6) is 0 Å². The molecule has 1 aliphatic carbocycles. The Morgan fingerprint density at radius 1 is 0.419 bits per heavy atom. The van der Waals surface area contributed by atoms with E-state index in [1.807, 2.05) is 18.3 Å². The fourth-order valence-corrected chi connectivity index (χ4v) is 6.68. The minimum absolute atomic E-state index is 0.854. The van der Waals surface area contributed by atoms with Crippen LogP contribution in [-0.4, -0.2) is 9.97 Å². The summed E-state index contributed by atoms with van der Waals surface area (Å²) in [4.78, 5) is 12.1. The number of benzene rings is 6. The van der Waals surface area contributed by atoms with Crippen LogP contribution in [0.4, 0.5) is 17.2 Å². The van der Waals surface area contributed by atoms with Gasteiger partial charge in [-0.2, -0.15) is 0 Å². The highest BCUT2D eigenvalue weighted by Crippen LogP contribution is 2.49. The molecule has 2 aromatic heterocycles.